The highest BCUT2D eigenvalue weighted by atomic mass is 79.9. The molecular formula is C16H14BrFN2S. The van der Waals surface area contributed by atoms with E-state index in [0.717, 1.165) is 30.4 Å². The van der Waals surface area contributed by atoms with Crippen molar-refractivity contribution in [3.8, 4) is 0 Å². The Kier molecular flexibility index (Phi) is 4.22. The summed E-state index contributed by atoms with van der Waals surface area (Å²) in [5, 5.41) is 0. The first-order chi connectivity index (χ1) is 10.1. The van der Waals surface area contributed by atoms with E-state index in [9.17, 15) is 4.39 Å². The predicted molar refractivity (Wildman–Crippen MR) is 89.5 cm³/mol. The lowest BCUT2D eigenvalue weighted by Crippen LogP contribution is -2.00. The molecule has 0 aliphatic heterocycles. The number of halogens is 2. The van der Waals surface area contributed by atoms with Gasteiger partial charge in [0.05, 0.1) is 15.5 Å². The van der Waals surface area contributed by atoms with Crippen LogP contribution in [0.15, 0.2) is 46.9 Å². The molecule has 0 fully saturated rings. The molecule has 0 saturated carbocycles. The maximum atomic E-state index is 13.6. The van der Waals surface area contributed by atoms with E-state index in [-0.39, 0.29) is 5.82 Å². The van der Waals surface area contributed by atoms with Crippen molar-refractivity contribution in [2.45, 2.75) is 19.4 Å². The van der Waals surface area contributed by atoms with Crippen LogP contribution in [0.1, 0.15) is 12.0 Å². The first-order valence-electron chi connectivity index (χ1n) is 6.76. The second-order valence-corrected chi connectivity index (χ2v) is 6.20. The van der Waals surface area contributed by atoms with E-state index in [0.29, 0.717) is 9.24 Å². The molecule has 108 valence electrons. The molecule has 0 atom stereocenters. The molecule has 0 radical (unpaired) electrons. The van der Waals surface area contributed by atoms with Crippen molar-refractivity contribution in [1.82, 2.24) is 9.55 Å². The summed E-state index contributed by atoms with van der Waals surface area (Å²) in [7, 11) is 0. The van der Waals surface area contributed by atoms with Crippen molar-refractivity contribution in [3.63, 3.8) is 0 Å². The zero-order chi connectivity index (χ0) is 14.8. The monoisotopic (exact) mass is 364 g/mol. The molecule has 0 spiro atoms. The van der Waals surface area contributed by atoms with Gasteiger partial charge in [0.15, 0.2) is 4.77 Å². The standard InChI is InChI=1S/C16H14BrFN2S/c17-12-9-15-14(10-13(12)18)19-16(21)20(15)8-4-7-11-5-2-1-3-6-11/h1-3,5-6,9-10H,4,7-8H2,(H,19,21). The fourth-order valence-corrected chi connectivity index (χ4v) is 3.09. The number of fused-ring (bicyclic) bond motifs is 1. The Morgan fingerprint density at radius 1 is 1.19 bits per heavy atom. The first-order valence-corrected chi connectivity index (χ1v) is 7.97. The predicted octanol–water partition coefficient (Wildman–Crippen LogP) is 5.23. The van der Waals surface area contributed by atoms with Gasteiger partial charge in [0.1, 0.15) is 5.82 Å². The van der Waals surface area contributed by atoms with Gasteiger partial charge in [-0.3, -0.25) is 0 Å². The van der Waals surface area contributed by atoms with Gasteiger partial charge in [0, 0.05) is 12.6 Å². The van der Waals surface area contributed by atoms with Gasteiger partial charge < -0.3 is 9.55 Å². The molecule has 1 heterocycles. The lowest BCUT2D eigenvalue weighted by atomic mass is 10.1. The SMILES string of the molecule is Fc1cc2[nH]c(=S)n(CCCc3ccccc3)c2cc1Br. The molecule has 1 aromatic heterocycles. The van der Waals surface area contributed by atoms with Crippen LogP contribution in [0, 0.1) is 10.6 Å². The van der Waals surface area contributed by atoms with E-state index in [2.05, 4.69) is 33.0 Å². The molecule has 0 bridgehead atoms. The maximum absolute atomic E-state index is 13.6. The van der Waals surface area contributed by atoms with Gasteiger partial charge >= 0.3 is 0 Å². The molecular weight excluding hydrogens is 351 g/mol. The van der Waals surface area contributed by atoms with Gasteiger partial charge in [-0.25, -0.2) is 4.39 Å². The van der Waals surface area contributed by atoms with Crippen LogP contribution in [0.25, 0.3) is 11.0 Å². The van der Waals surface area contributed by atoms with Crippen molar-refractivity contribution in [3.05, 3.63) is 63.1 Å². The highest BCUT2D eigenvalue weighted by Crippen LogP contribution is 2.23. The molecule has 0 aliphatic carbocycles. The van der Waals surface area contributed by atoms with Crippen molar-refractivity contribution >= 4 is 39.2 Å². The molecule has 21 heavy (non-hydrogen) atoms. The minimum absolute atomic E-state index is 0.282. The lowest BCUT2D eigenvalue weighted by Gasteiger charge is -2.05. The van der Waals surface area contributed by atoms with Crippen molar-refractivity contribution in [1.29, 1.82) is 0 Å². The Labute approximate surface area is 135 Å². The van der Waals surface area contributed by atoms with Crippen molar-refractivity contribution < 1.29 is 4.39 Å². The fourth-order valence-electron chi connectivity index (χ4n) is 2.46. The molecule has 2 aromatic carbocycles. The van der Waals surface area contributed by atoms with Crippen LogP contribution in [0.4, 0.5) is 4.39 Å². The number of nitrogens with one attached hydrogen (secondary N) is 1. The average molecular weight is 365 g/mol. The molecule has 0 unspecified atom stereocenters. The minimum atomic E-state index is -0.282. The quantitative estimate of drug-likeness (QED) is 0.628. The third kappa shape index (κ3) is 3.09. The summed E-state index contributed by atoms with van der Waals surface area (Å²) in [5.41, 5.74) is 2.98. The largest absolute Gasteiger partial charge is 0.330 e. The molecule has 5 heteroatoms. The zero-order valence-electron chi connectivity index (χ0n) is 11.3. The van der Waals surface area contributed by atoms with E-state index in [1.54, 1.807) is 6.07 Å². The number of H-pyrrole nitrogens is 1. The summed E-state index contributed by atoms with van der Waals surface area (Å²) in [6.45, 7) is 0.811. The van der Waals surface area contributed by atoms with Gasteiger partial charge in [-0.15, -0.1) is 0 Å². The number of aromatic nitrogens is 2. The van der Waals surface area contributed by atoms with Gasteiger partial charge in [0.25, 0.3) is 0 Å². The Morgan fingerprint density at radius 3 is 2.71 bits per heavy atom. The van der Waals surface area contributed by atoms with Crippen LogP contribution >= 0.6 is 28.1 Å². The van der Waals surface area contributed by atoms with Gasteiger partial charge in [-0.05, 0) is 52.6 Å². The number of imidazole rings is 1. The zero-order valence-corrected chi connectivity index (χ0v) is 13.7. The number of hydrogen-bond donors (Lipinski definition) is 1. The average Bonchev–Trinajstić information content (AvgIpc) is 2.76. The second kappa shape index (κ2) is 6.12. The van der Waals surface area contributed by atoms with Gasteiger partial charge in [0.2, 0.25) is 0 Å². The van der Waals surface area contributed by atoms with Gasteiger partial charge in [-0.1, -0.05) is 30.3 Å². The van der Waals surface area contributed by atoms with Crippen molar-refractivity contribution in [2.24, 2.45) is 0 Å². The van der Waals surface area contributed by atoms with Crippen LogP contribution in [0.5, 0.6) is 0 Å². The molecule has 2 nitrogen and oxygen atoms in total. The normalized spacial score (nSPS) is 11.1. The summed E-state index contributed by atoms with van der Waals surface area (Å²) in [4.78, 5) is 3.06. The Hall–Kier alpha value is -1.46. The number of nitrogens with zero attached hydrogens (tertiary/aromatic N) is 1. The van der Waals surface area contributed by atoms with E-state index in [1.165, 1.54) is 11.6 Å². The highest BCUT2D eigenvalue weighted by Gasteiger charge is 2.08. The lowest BCUT2D eigenvalue weighted by molar-refractivity contribution is 0.622. The summed E-state index contributed by atoms with van der Waals surface area (Å²) in [5.74, 6) is -0.282. The minimum Gasteiger partial charge on any atom is -0.330 e. The summed E-state index contributed by atoms with van der Waals surface area (Å²) in [6.07, 6.45) is 1.98. The second-order valence-electron chi connectivity index (χ2n) is 4.95. The number of benzene rings is 2. The van der Waals surface area contributed by atoms with Crippen LogP contribution in [0.2, 0.25) is 0 Å². The van der Waals surface area contributed by atoms with E-state index in [1.807, 2.05) is 22.8 Å². The van der Waals surface area contributed by atoms with E-state index >= 15 is 0 Å². The Balaban J connectivity index is 1.82. The number of aromatic amines is 1. The fraction of sp³-hybridized carbons (Fsp3) is 0.188. The van der Waals surface area contributed by atoms with E-state index in [4.69, 9.17) is 12.2 Å². The maximum Gasteiger partial charge on any atom is 0.178 e. The van der Waals surface area contributed by atoms with Crippen LogP contribution in [-0.4, -0.2) is 9.55 Å². The number of aryl methyl sites for hydroxylation is 2. The van der Waals surface area contributed by atoms with Gasteiger partial charge in [-0.2, -0.15) is 0 Å². The first kappa shape index (κ1) is 14.5. The molecule has 0 saturated heterocycles. The number of hydrogen-bond acceptors (Lipinski definition) is 1. The third-order valence-corrected chi connectivity index (χ3v) is 4.44. The topological polar surface area (TPSA) is 20.7 Å². The van der Waals surface area contributed by atoms with Crippen LogP contribution in [-0.2, 0) is 13.0 Å². The summed E-state index contributed by atoms with van der Waals surface area (Å²) in [6, 6.07) is 13.6. The smallest absolute Gasteiger partial charge is 0.178 e. The summed E-state index contributed by atoms with van der Waals surface area (Å²) >= 11 is 8.57. The molecule has 3 rings (SSSR count). The molecule has 1 N–H and O–H groups in total. The van der Waals surface area contributed by atoms with Crippen LogP contribution < -0.4 is 0 Å². The Morgan fingerprint density at radius 2 is 1.95 bits per heavy atom. The molecule has 0 aliphatic rings. The van der Waals surface area contributed by atoms with Crippen LogP contribution in [0.3, 0.4) is 0 Å². The van der Waals surface area contributed by atoms with Crippen molar-refractivity contribution in [2.75, 3.05) is 0 Å². The number of rotatable bonds is 4. The molecule has 3 aromatic rings. The van der Waals surface area contributed by atoms with E-state index < -0.39 is 0 Å². The molecule has 0 amide bonds. The highest BCUT2D eigenvalue weighted by molar-refractivity contribution is 9.10. The Bertz CT molecular complexity index is 823. The summed E-state index contributed by atoms with van der Waals surface area (Å²) < 4.78 is 16.7. The third-order valence-electron chi connectivity index (χ3n) is 3.51.